The number of allylic oxidation sites excluding steroid dienone is 1. The second-order valence-corrected chi connectivity index (χ2v) is 10.7. The van der Waals surface area contributed by atoms with Gasteiger partial charge >= 0.3 is 0 Å². The molecule has 0 amide bonds. The SMILES string of the molecule is C=C(CCC)CCCC.CCCc1c(OCc2ccc(C(OC)c3cccc(C(C)=N)c3)cc2)ccc(C(C)=O)c1O.CN. The number of phenols is 1. The highest BCUT2D eigenvalue weighted by Gasteiger charge is 2.17. The molecule has 0 saturated carbocycles. The van der Waals surface area contributed by atoms with Crippen LogP contribution >= 0.6 is 0 Å². The van der Waals surface area contributed by atoms with Gasteiger partial charge in [-0.15, -0.1) is 0 Å². The van der Waals surface area contributed by atoms with Crippen molar-refractivity contribution in [2.24, 2.45) is 5.73 Å². The summed E-state index contributed by atoms with van der Waals surface area (Å²) in [5.41, 5.74) is 11.3. The highest BCUT2D eigenvalue weighted by Crippen LogP contribution is 2.34. The number of hydrogen-bond acceptors (Lipinski definition) is 6. The number of nitrogens with two attached hydrogens (primary N) is 1. The fourth-order valence-electron chi connectivity index (χ4n) is 4.78. The average Bonchev–Trinajstić information content (AvgIpc) is 3.03. The number of ether oxygens (including phenoxy) is 2. The van der Waals surface area contributed by atoms with Crippen LogP contribution in [0.5, 0.6) is 11.5 Å². The Morgan fingerprint density at radius 1 is 0.932 bits per heavy atom. The molecule has 1 atom stereocenters. The van der Waals surface area contributed by atoms with Crippen LogP contribution < -0.4 is 10.5 Å². The molecule has 44 heavy (non-hydrogen) atoms. The fourth-order valence-corrected chi connectivity index (χ4v) is 4.78. The molecule has 6 heteroatoms. The molecule has 3 rings (SSSR count). The number of rotatable bonds is 15. The van der Waals surface area contributed by atoms with Crippen molar-refractivity contribution >= 4 is 11.5 Å². The Morgan fingerprint density at radius 3 is 2.16 bits per heavy atom. The van der Waals surface area contributed by atoms with Crippen molar-refractivity contribution in [1.82, 2.24) is 0 Å². The molecule has 0 aliphatic carbocycles. The van der Waals surface area contributed by atoms with Gasteiger partial charge in [0.25, 0.3) is 0 Å². The Kier molecular flexibility index (Phi) is 18.3. The van der Waals surface area contributed by atoms with E-state index in [1.165, 1.54) is 51.6 Å². The summed E-state index contributed by atoms with van der Waals surface area (Å²) in [6.45, 7) is 14.0. The normalized spacial score (nSPS) is 10.9. The van der Waals surface area contributed by atoms with Gasteiger partial charge in [0.1, 0.15) is 24.2 Å². The molecule has 0 spiro atoms. The molecule has 240 valence electrons. The number of unbranched alkanes of at least 4 members (excludes halogenated alkanes) is 1. The first-order valence-electron chi connectivity index (χ1n) is 15.7. The second kappa shape index (κ2) is 21.0. The number of ketones is 1. The van der Waals surface area contributed by atoms with Crippen LogP contribution in [0.2, 0.25) is 0 Å². The van der Waals surface area contributed by atoms with Crippen LogP contribution in [0.25, 0.3) is 0 Å². The summed E-state index contributed by atoms with van der Waals surface area (Å²) in [4.78, 5) is 11.8. The van der Waals surface area contributed by atoms with Crippen molar-refractivity contribution in [3.63, 3.8) is 0 Å². The molecular weight excluding hydrogens is 548 g/mol. The van der Waals surface area contributed by atoms with E-state index in [0.29, 0.717) is 35.6 Å². The average molecular weight is 603 g/mol. The zero-order chi connectivity index (χ0) is 33.1. The van der Waals surface area contributed by atoms with E-state index in [4.69, 9.17) is 14.9 Å². The Balaban J connectivity index is 0.000000756. The van der Waals surface area contributed by atoms with E-state index in [9.17, 15) is 9.90 Å². The molecule has 0 aromatic heterocycles. The van der Waals surface area contributed by atoms with Gasteiger partial charge in [-0.05, 0) is 87.0 Å². The summed E-state index contributed by atoms with van der Waals surface area (Å²) >= 11 is 0. The van der Waals surface area contributed by atoms with Gasteiger partial charge in [-0.25, -0.2) is 0 Å². The van der Waals surface area contributed by atoms with Crippen molar-refractivity contribution in [2.45, 2.75) is 92.3 Å². The van der Waals surface area contributed by atoms with Gasteiger partial charge in [0, 0.05) is 18.4 Å². The predicted molar refractivity (Wildman–Crippen MR) is 184 cm³/mol. The standard InChI is InChI=1S/C28H31NO4.C9H18.CH5N/c1-5-7-25-26(15-14-24(19(3)30)27(25)31)33-17-20-10-12-21(13-11-20)28(32-4)23-9-6-8-22(16-23)18(2)29;1-4-6-8-9(3)7-5-2;1-2/h6,8-16,28-29,31H,5,7,17H2,1-4H3;3-8H2,1-2H3;2H2,1H3. The number of carbonyl (C=O) groups is 1. The van der Waals surface area contributed by atoms with Gasteiger partial charge in [0.05, 0.1) is 5.56 Å². The van der Waals surface area contributed by atoms with Crippen LogP contribution in [0.3, 0.4) is 0 Å². The van der Waals surface area contributed by atoms with Crippen molar-refractivity contribution in [2.75, 3.05) is 14.2 Å². The Bertz CT molecular complexity index is 1310. The van der Waals surface area contributed by atoms with Crippen LogP contribution in [0.1, 0.15) is 117 Å². The topological polar surface area (TPSA) is 106 Å². The molecule has 0 radical (unpaired) electrons. The first-order chi connectivity index (χ1) is 21.2. The lowest BCUT2D eigenvalue weighted by molar-refractivity contribution is 0.101. The number of carbonyl (C=O) groups excluding carboxylic acids is 1. The molecule has 6 nitrogen and oxygen atoms in total. The molecular formula is C38H54N2O4. The lowest BCUT2D eigenvalue weighted by Crippen LogP contribution is -2.06. The maximum absolute atomic E-state index is 11.8. The van der Waals surface area contributed by atoms with E-state index in [2.05, 4.69) is 26.2 Å². The Morgan fingerprint density at radius 2 is 1.61 bits per heavy atom. The van der Waals surface area contributed by atoms with Crippen LogP contribution in [0.15, 0.2) is 72.8 Å². The first kappa shape index (κ1) is 38.3. The minimum absolute atomic E-state index is 0.0162. The molecule has 0 bridgehead atoms. The van der Waals surface area contributed by atoms with Crippen molar-refractivity contribution in [3.05, 3.63) is 106 Å². The number of phenolic OH excluding ortho intramolecular Hbond substituents is 1. The van der Waals surface area contributed by atoms with Gasteiger partial charge in [0.2, 0.25) is 0 Å². The fraction of sp³-hybridized carbons (Fsp3) is 0.421. The summed E-state index contributed by atoms with van der Waals surface area (Å²) in [5.74, 6) is 0.445. The van der Waals surface area contributed by atoms with Crippen molar-refractivity contribution in [3.8, 4) is 11.5 Å². The lowest BCUT2D eigenvalue weighted by Gasteiger charge is -2.18. The summed E-state index contributed by atoms with van der Waals surface area (Å²) in [6, 6.07) is 19.2. The summed E-state index contributed by atoms with van der Waals surface area (Å²) in [6.07, 6.45) is 7.56. The largest absolute Gasteiger partial charge is 0.507 e. The van der Waals surface area contributed by atoms with E-state index in [-0.39, 0.29) is 17.6 Å². The van der Waals surface area contributed by atoms with Crippen LogP contribution in [-0.4, -0.2) is 30.8 Å². The molecule has 0 fully saturated rings. The van der Waals surface area contributed by atoms with E-state index in [0.717, 1.165) is 28.7 Å². The molecule has 4 N–H and O–H groups in total. The third-order valence-corrected chi connectivity index (χ3v) is 7.14. The van der Waals surface area contributed by atoms with Gasteiger partial charge in [0.15, 0.2) is 5.78 Å². The predicted octanol–water partition coefficient (Wildman–Crippen LogP) is 9.36. The first-order valence-corrected chi connectivity index (χ1v) is 15.7. The minimum atomic E-state index is -0.230. The highest BCUT2D eigenvalue weighted by molar-refractivity contribution is 5.97. The Hall–Kier alpha value is -3.74. The molecule has 3 aromatic carbocycles. The molecule has 0 aliphatic heterocycles. The number of nitrogens with one attached hydrogen (secondary N) is 1. The monoisotopic (exact) mass is 602 g/mol. The molecule has 0 aliphatic rings. The number of aromatic hydroxyl groups is 1. The van der Waals surface area contributed by atoms with Crippen LogP contribution in [0.4, 0.5) is 0 Å². The quantitative estimate of drug-likeness (QED) is 0.0913. The zero-order valence-corrected chi connectivity index (χ0v) is 28.0. The van der Waals surface area contributed by atoms with Gasteiger partial charge in [-0.2, -0.15) is 0 Å². The second-order valence-electron chi connectivity index (χ2n) is 10.7. The lowest BCUT2D eigenvalue weighted by atomic mass is 9.97. The van der Waals surface area contributed by atoms with E-state index < -0.39 is 0 Å². The van der Waals surface area contributed by atoms with Crippen molar-refractivity contribution in [1.29, 1.82) is 5.41 Å². The molecule has 1 unspecified atom stereocenters. The number of Topliss-reactive ketones (excluding diaryl/α,β-unsaturated/α-hetero) is 1. The maximum atomic E-state index is 11.8. The zero-order valence-electron chi connectivity index (χ0n) is 28.0. The van der Waals surface area contributed by atoms with E-state index >= 15 is 0 Å². The third-order valence-electron chi connectivity index (χ3n) is 7.14. The van der Waals surface area contributed by atoms with Crippen LogP contribution in [0, 0.1) is 5.41 Å². The smallest absolute Gasteiger partial charge is 0.163 e. The van der Waals surface area contributed by atoms with E-state index in [1.54, 1.807) is 26.2 Å². The number of methoxy groups -OCH3 is 1. The van der Waals surface area contributed by atoms with Gasteiger partial charge in [-0.1, -0.05) is 94.7 Å². The van der Waals surface area contributed by atoms with Crippen LogP contribution in [-0.2, 0) is 17.8 Å². The van der Waals surface area contributed by atoms with E-state index in [1.807, 2.05) is 55.5 Å². The summed E-state index contributed by atoms with van der Waals surface area (Å²) in [7, 11) is 3.18. The molecule has 0 saturated heterocycles. The summed E-state index contributed by atoms with van der Waals surface area (Å²) < 4.78 is 11.8. The molecule has 3 aromatic rings. The van der Waals surface area contributed by atoms with Crippen molar-refractivity contribution < 1.29 is 19.4 Å². The third kappa shape index (κ3) is 12.1. The van der Waals surface area contributed by atoms with Gasteiger partial charge in [-0.3, -0.25) is 4.79 Å². The Labute approximate surface area is 265 Å². The number of hydrogen-bond donors (Lipinski definition) is 3. The maximum Gasteiger partial charge on any atom is 0.163 e. The van der Waals surface area contributed by atoms with Gasteiger partial charge < -0.3 is 25.7 Å². The minimum Gasteiger partial charge on any atom is -0.507 e. The molecule has 0 heterocycles. The number of benzene rings is 3. The highest BCUT2D eigenvalue weighted by atomic mass is 16.5. The summed E-state index contributed by atoms with van der Waals surface area (Å²) in [5, 5.41) is 18.4.